The predicted molar refractivity (Wildman–Crippen MR) is 425 cm³/mol. The summed E-state index contributed by atoms with van der Waals surface area (Å²) in [4.78, 5) is 156. The zero-order valence-electron chi connectivity index (χ0n) is 65.4. The average Bonchev–Trinajstić information content (AvgIpc) is 1.63. The molecule has 9 rings (SSSR count). The minimum Gasteiger partial charge on any atom is -0.466 e. The fourth-order valence-corrected chi connectivity index (χ4v) is 14.6. The first-order valence-corrected chi connectivity index (χ1v) is 40.3. The molecule has 6 aromatic rings. The van der Waals surface area contributed by atoms with Crippen molar-refractivity contribution in [2.75, 3.05) is 106 Å². The number of sulfonamides is 1. The number of ether oxygens (including phenoxy) is 7. The van der Waals surface area contributed by atoms with E-state index in [1.54, 1.807) is 61.7 Å². The van der Waals surface area contributed by atoms with Crippen molar-refractivity contribution in [2.45, 2.75) is 159 Å². The lowest BCUT2D eigenvalue weighted by Crippen LogP contribution is -2.57. The van der Waals surface area contributed by atoms with E-state index in [1.807, 2.05) is 38.1 Å². The second-order valence-corrected chi connectivity index (χ2v) is 29.7. The summed E-state index contributed by atoms with van der Waals surface area (Å²) in [5, 5.41) is 22.5. The molecule has 13 N–H and O–H groups in total. The summed E-state index contributed by atoms with van der Waals surface area (Å²) >= 11 is 0. The van der Waals surface area contributed by atoms with Gasteiger partial charge in [-0.15, -0.1) is 0 Å². The number of nitrogens with two attached hydrogens (primary N) is 2. The highest BCUT2D eigenvalue weighted by atomic mass is 32.2. The monoisotopic (exact) mass is 1610 g/mol. The molecule has 0 radical (unpaired) electrons. The van der Waals surface area contributed by atoms with Crippen LogP contribution in [0.3, 0.4) is 0 Å². The number of carbonyl (C=O) groups is 10. The van der Waals surface area contributed by atoms with Crippen LogP contribution in [0, 0.1) is 5.92 Å². The first-order chi connectivity index (χ1) is 55.4. The normalized spacial score (nSPS) is 15.5. The summed E-state index contributed by atoms with van der Waals surface area (Å²) in [5.74, 6) is -6.01. The lowest BCUT2D eigenvalue weighted by atomic mass is 9.85. The smallest absolute Gasteiger partial charge is 0.355 e. The maximum Gasteiger partial charge on any atom is 0.355 e. The molecule has 3 aliphatic rings. The number of esters is 4. The Hall–Kier alpha value is -11.1. The Morgan fingerprint density at radius 3 is 1.97 bits per heavy atom. The van der Waals surface area contributed by atoms with Crippen LogP contribution in [0.4, 0.5) is 37.1 Å². The number of likely N-dealkylation sites (tertiary alicyclic amines) is 1. The van der Waals surface area contributed by atoms with E-state index in [9.17, 15) is 61.2 Å². The molecule has 620 valence electrons. The second kappa shape index (κ2) is 42.8. The fraction of sp³-hybridized carbons (Fsp3) is 0.475. The van der Waals surface area contributed by atoms with Crippen molar-refractivity contribution in [3.8, 4) is 11.4 Å². The number of unbranched alkanes of at least 4 members (excludes halogenated alkanes) is 2. The van der Waals surface area contributed by atoms with Gasteiger partial charge in [0.25, 0.3) is 15.6 Å². The largest absolute Gasteiger partial charge is 0.466 e. The maximum atomic E-state index is 14.6. The predicted octanol–water partition coefficient (Wildman–Crippen LogP) is 6.61. The number of benzene rings is 4. The topological polar surface area (TPSA) is 468 Å². The van der Waals surface area contributed by atoms with E-state index in [2.05, 4.69) is 47.3 Å². The second-order valence-electron chi connectivity index (χ2n) is 28.0. The van der Waals surface area contributed by atoms with Gasteiger partial charge >= 0.3 is 42.0 Å². The molecule has 5 heterocycles. The van der Waals surface area contributed by atoms with Crippen molar-refractivity contribution in [3.05, 3.63) is 141 Å². The van der Waals surface area contributed by atoms with E-state index >= 15 is 0 Å². The van der Waals surface area contributed by atoms with Crippen LogP contribution in [-0.2, 0) is 102 Å². The highest BCUT2D eigenvalue weighted by Gasteiger charge is 2.52. The van der Waals surface area contributed by atoms with E-state index in [4.69, 9.17) is 49.6 Å². The van der Waals surface area contributed by atoms with Gasteiger partial charge < -0.3 is 96.6 Å². The summed E-state index contributed by atoms with van der Waals surface area (Å²) in [6, 6.07) is 20.7. The molecule has 0 bridgehead atoms. The number of amides is 9. The number of fused-ring (bicyclic) bond motifs is 5. The number of hydrogen-bond donors (Lipinski definition) is 11. The molecule has 3 aliphatic heterocycles. The number of aryl methyl sites for hydroxylation is 1. The number of nitrogens with zero attached hydrogens (tertiary/aromatic N) is 3. The number of carbonyl (C=O) groups excluding carboxylic acids is 10. The van der Waals surface area contributed by atoms with Crippen molar-refractivity contribution in [2.24, 2.45) is 17.4 Å². The van der Waals surface area contributed by atoms with E-state index in [0.29, 0.717) is 92.9 Å². The molecule has 1 fully saturated rings. The van der Waals surface area contributed by atoms with Crippen LogP contribution in [-0.4, -0.2) is 186 Å². The summed E-state index contributed by atoms with van der Waals surface area (Å²) in [6.07, 6.45) is 2.87. The highest BCUT2D eigenvalue weighted by molar-refractivity contribution is 7.92. The van der Waals surface area contributed by atoms with Crippen LogP contribution in [0.25, 0.3) is 22.3 Å². The zero-order chi connectivity index (χ0) is 82.6. The number of cyclic esters (lactones) is 1. The molecule has 34 nitrogen and oxygen atoms in total. The number of hydrogen-bond acceptors (Lipinski definition) is 23. The van der Waals surface area contributed by atoms with Gasteiger partial charge in [-0.25, -0.2) is 37.4 Å². The van der Waals surface area contributed by atoms with Gasteiger partial charge in [0.05, 0.1) is 106 Å². The van der Waals surface area contributed by atoms with Crippen LogP contribution in [0.2, 0.25) is 0 Å². The number of para-hydroxylation sites is 1. The number of nitrogens with one attached hydrogen (secondary N) is 9. The number of pyridine rings is 2. The Bertz CT molecular complexity index is 4620. The van der Waals surface area contributed by atoms with Crippen molar-refractivity contribution < 1.29 is 89.5 Å². The Morgan fingerprint density at radius 1 is 0.661 bits per heavy atom. The van der Waals surface area contributed by atoms with Gasteiger partial charge in [-0.2, -0.15) is 0 Å². The van der Waals surface area contributed by atoms with Gasteiger partial charge in [0.2, 0.25) is 23.3 Å². The molecule has 5 atom stereocenters. The van der Waals surface area contributed by atoms with Crippen LogP contribution in [0.15, 0.2) is 113 Å². The van der Waals surface area contributed by atoms with Gasteiger partial charge in [-0.1, -0.05) is 71.0 Å². The summed E-state index contributed by atoms with van der Waals surface area (Å²) < 4.78 is 70.7. The molecule has 9 amide bonds. The summed E-state index contributed by atoms with van der Waals surface area (Å²) in [5.41, 5.74) is 14.2. The summed E-state index contributed by atoms with van der Waals surface area (Å²) in [6.45, 7) is 10.9. The third kappa shape index (κ3) is 24.0. The third-order valence-corrected chi connectivity index (χ3v) is 20.8. The van der Waals surface area contributed by atoms with Crippen molar-refractivity contribution in [3.63, 3.8) is 0 Å². The van der Waals surface area contributed by atoms with E-state index in [0.717, 1.165) is 22.0 Å². The number of rotatable bonds is 43. The standard InChI is InChI=1S/C80H104N14O20S/c1-6-32-83-77(103)87-54-19-16-21-56(44-54)115(106,107)92-55-20-15-18-51(43-55)63(46-68(96)111-35-13-11-30-81)90-79(105)86-53-27-25-52(26-28-53)85-78(104)84-33-38-109-40-42-110-41-39-108-37-29-67(95)88-64(47-69(97)112-36-14-12-31-82)74(100)93-34-17-24-65(93)72(98)91-70(50(4)5)75(101)114-80(8-3)61-45-66-71-59(48-94(66)73(99)60(61)49-113-76(80)102)57(7-2)58-22-9-10-23-62(58)89-71/h9-10,15-16,18-23,25-28,43-45,50,63-65,70,92H,6-8,11-14,17,24,29-42,46-49,81-82H2,1-5H3,(H,88,95)(H,91,98)(H2,83,87,103)(H2,84,85,104)(H2,86,90,105)/t63-,64+,65+,70+,80+/m1/s1. The number of anilines is 4. The van der Waals surface area contributed by atoms with E-state index < -0.39 is 117 Å². The molecule has 35 heteroatoms. The van der Waals surface area contributed by atoms with Crippen molar-refractivity contribution in [1.82, 2.24) is 41.0 Å². The first kappa shape index (κ1) is 87.8. The Labute approximate surface area is 666 Å². The van der Waals surface area contributed by atoms with Crippen LogP contribution < -0.4 is 64.3 Å². The molecule has 115 heavy (non-hydrogen) atoms. The molecule has 1 saturated heterocycles. The van der Waals surface area contributed by atoms with E-state index in [-0.39, 0.29) is 132 Å². The lowest BCUT2D eigenvalue weighted by Gasteiger charge is -2.37. The SMILES string of the molecule is CCCNC(=O)Nc1cccc(S(=O)(=O)Nc2cccc([C@@H](CC(=O)OCCCCN)NC(=O)Nc3ccc(NC(=O)NCCOCCOCCOCCC(=O)N[C@@H](CC(=O)OCCCCN)C(=O)N4CCC[C@H]4C(=O)N[C@H](C(=O)O[C@]4(CC)C(=O)OCc5c4cc4n(c5=O)Cc5c-4nc4ccccc4c5CC)C(C)C)cc3)c2)c1. The fourth-order valence-electron chi connectivity index (χ4n) is 13.5. The number of urea groups is 3. The zero-order valence-corrected chi connectivity index (χ0v) is 66.2. The maximum absolute atomic E-state index is 14.6. The van der Waals surface area contributed by atoms with Crippen molar-refractivity contribution >= 4 is 103 Å². The van der Waals surface area contributed by atoms with Gasteiger partial charge in [0.1, 0.15) is 24.7 Å². The molecule has 4 aromatic carbocycles. The quantitative estimate of drug-likeness (QED) is 0.0109. The average molecular weight is 1610 g/mol. The van der Waals surface area contributed by atoms with Gasteiger partial charge in [-0.3, -0.25) is 33.5 Å². The van der Waals surface area contributed by atoms with Gasteiger partial charge in [0, 0.05) is 65.3 Å². The molecule has 0 spiro atoms. The first-order valence-electron chi connectivity index (χ1n) is 38.8. The molecule has 2 aromatic heterocycles. The van der Waals surface area contributed by atoms with Gasteiger partial charge in [0.15, 0.2) is 0 Å². The summed E-state index contributed by atoms with van der Waals surface area (Å²) in [7, 11) is -4.19. The minimum atomic E-state index is -4.19. The third-order valence-electron chi connectivity index (χ3n) is 19.4. The van der Waals surface area contributed by atoms with Crippen molar-refractivity contribution in [1.29, 1.82) is 0 Å². The molecule has 0 aliphatic carbocycles. The Morgan fingerprint density at radius 2 is 1.30 bits per heavy atom. The molecule has 0 saturated carbocycles. The minimum absolute atomic E-state index is 0.0220. The molecular weight excluding hydrogens is 1510 g/mol. The Balaban J connectivity index is 0.691. The molecular formula is C80H104N14O20S. The van der Waals surface area contributed by atoms with Crippen LogP contribution >= 0.6 is 0 Å². The highest BCUT2D eigenvalue weighted by Crippen LogP contribution is 2.43. The molecule has 0 unspecified atom stereocenters. The van der Waals surface area contributed by atoms with Crippen LogP contribution in [0.1, 0.15) is 139 Å². The lowest BCUT2D eigenvalue weighted by molar-refractivity contribution is -0.191. The number of aromatic nitrogens is 2. The van der Waals surface area contributed by atoms with E-state index in [1.165, 1.54) is 47.4 Å². The van der Waals surface area contributed by atoms with Gasteiger partial charge in [-0.05, 0) is 155 Å². The Kier molecular flexibility index (Phi) is 32.7. The van der Waals surface area contributed by atoms with Crippen LogP contribution in [0.5, 0.6) is 0 Å².